The number of aliphatic hydroxyl groups excluding tert-OH is 1. The summed E-state index contributed by atoms with van der Waals surface area (Å²) in [6.07, 6.45) is -0.313. The molecular formula is C26H35ClFN5O3S. The number of halogens is 2. The summed E-state index contributed by atoms with van der Waals surface area (Å²) in [5.74, 6) is -1.09. The number of amides is 2. The van der Waals surface area contributed by atoms with E-state index in [2.05, 4.69) is 29.4 Å². The standard InChI is InChI=1S/C26H35ClFN5O3S/c1-15(2)31-9-10-32(24(34)14-31)18-5-6-20(19(28)12-18)30-25(35)21-11-17(13-33(21)16(3)4)29-26(36)22-7-8-23(27)37-22/h5-8,12,15-17,21,24,34H,9-11,13-14H2,1-4H3,(H,29,36)(H,30,35)/t17-,21-,24?/m0/s1. The molecule has 1 aromatic carbocycles. The van der Waals surface area contributed by atoms with Crippen molar-refractivity contribution in [1.82, 2.24) is 15.1 Å². The summed E-state index contributed by atoms with van der Waals surface area (Å²) < 4.78 is 15.6. The number of rotatable bonds is 7. The molecule has 202 valence electrons. The number of nitrogens with zero attached hydrogens (tertiary/aromatic N) is 3. The molecule has 3 N–H and O–H groups in total. The highest BCUT2D eigenvalue weighted by atomic mass is 35.5. The van der Waals surface area contributed by atoms with Gasteiger partial charge in [-0.25, -0.2) is 4.39 Å². The molecule has 1 unspecified atom stereocenters. The Balaban J connectivity index is 1.40. The fourth-order valence-corrected chi connectivity index (χ4v) is 5.99. The summed E-state index contributed by atoms with van der Waals surface area (Å²) in [6, 6.07) is 7.63. The van der Waals surface area contributed by atoms with Crippen molar-refractivity contribution in [2.24, 2.45) is 0 Å². The van der Waals surface area contributed by atoms with Gasteiger partial charge in [0, 0.05) is 50.0 Å². The van der Waals surface area contributed by atoms with Crippen LogP contribution in [0.4, 0.5) is 15.8 Å². The Bertz CT molecular complexity index is 1130. The molecule has 2 aromatic rings. The number of nitrogens with one attached hydrogen (secondary N) is 2. The van der Waals surface area contributed by atoms with Gasteiger partial charge in [0.05, 0.1) is 20.9 Å². The van der Waals surface area contributed by atoms with Crippen molar-refractivity contribution >= 4 is 46.1 Å². The normalized spacial score (nSPS) is 23.2. The van der Waals surface area contributed by atoms with Crippen molar-refractivity contribution in [3.05, 3.63) is 45.4 Å². The summed E-state index contributed by atoms with van der Waals surface area (Å²) in [5.41, 5.74) is 0.668. The van der Waals surface area contributed by atoms with Crippen LogP contribution < -0.4 is 15.5 Å². The van der Waals surface area contributed by atoms with E-state index in [0.717, 1.165) is 6.54 Å². The largest absolute Gasteiger partial charge is 0.372 e. The predicted molar refractivity (Wildman–Crippen MR) is 146 cm³/mol. The molecule has 2 amide bonds. The number of hydrogen-bond acceptors (Lipinski definition) is 7. The van der Waals surface area contributed by atoms with Gasteiger partial charge in [-0.05, 0) is 64.4 Å². The fraction of sp³-hybridized carbons (Fsp3) is 0.538. The van der Waals surface area contributed by atoms with Gasteiger partial charge in [-0.2, -0.15) is 0 Å². The Kier molecular flexibility index (Phi) is 8.75. The van der Waals surface area contributed by atoms with Crippen LogP contribution in [0.15, 0.2) is 30.3 Å². The lowest BCUT2D eigenvalue weighted by atomic mass is 10.1. The van der Waals surface area contributed by atoms with Crippen LogP contribution in [0.3, 0.4) is 0 Å². The van der Waals surface area contributed by atoms with E-state index in [1.54, 1.807) is 29.2 Å². The van der Waals surface area contributed by atoms with Gasteiger partial charge in [0.1, 0.15) is 12.0 Å². The number of likely N-dealkylation sites (tertiary alicyclic amines) is 1. The van der Waals surface area contributed by atoms with Crippen LogP contribution in [0.1, 0.15) is 43.8 Å². The van der Waals surface area contributed by atoms with Crippen molar-refractivity contribution in [1.29, 1.82) is 0 Å². The highest BCUT2D eigenvalue weighted by Gasteiger charge is 2.39. The number of thiophene rings is 1. The Labute approximate surface area is 226 Å². The molecule has 4 rings (SSSR count). The van der Waals surface area contributed by atoms with Crippen LogP contribution in [0.25, 0.3) is 0 Å². The molecular weight excluding hydrogens is 517 g/mol. The molecule has 0 radical (unpaired) electrons. The maximum absolute atomic E-state index is 15.1. The molecule has 2 aliphatic heterocycles. The average Bonchev–Trinajstić information content (AvgIpc) is 3.47. The number of β-amino-alcohol motifs (C(OH)–C–C–N with tert-alkyl or cyclic N) is 1. The molecule has 0 bridgehead atoms. The van der Waals surface area contributed by atoms with Crippen molar-refractivity contribution < 1.29 is 19.1 Å². The summed E-state index contributed by atoms with van der Waals surface area (Å²) >= 11 is 7.15. The fourth-order valence-electron chi connectivity index (χ4n) is 5.04. The minimum Gasteiger partial charge on any atom is -0.372 e. The monoisotopic (exact) mass is 551 g/mol. The van der Waals surface area contributed by atoms with E-state index in [1.807, 2.05) is 18.7 Å². The van der Waals surface area contributed by atoms with Crippen LogP contribution in [0, 0.1) is 5.82 Å². The zero-order valence-electron chi connectivity index (χ0n) is 21.6. The van der Waals surface area contributed by atoms with Gasteiger partial charge in [-0.3, -0.25) is 19.4 Å². The Morgan fingerprint density at radius 2 is 1.86 bits per heavy atom. The number of benzene rings is 1. The van der Waals surface area contributed by atoms with E-state index >= 15 is 4.39 Å². The van der Waals surface area contributed by atoms with Crippen LogP contribution in [-0.4, -0.2) is 83.3 Å². The van der Waals surface area contributed by atoms with Gasteiger partial charge in [0.2, 0.25) is 5.91 Å². The first-order valence-electron chi connectivity index (χ1n) is 12.6. The SMILES string of the molecule is CC(C)N1CCN(c2ccc(NC(=O)[C@@H]3C[C@H](NC(=O)c4ccc(Cl)s4)CN3C(C)C)c(F)c2)C(O)C1. The lowest BCUT2D eigenvalue weighted by Crippen LogP contribution is -2.55. The first-order chi connectivity index (χ1) is 17.5. The molecule has 11 heteroatoms. The van der Waals surface area contributed by atoms with Crippen LogP contribution in [0.2, 0.25) is 4.34 Å². The second-order valence-electron chi connectivity index (χ2n) is 10.2. The Morgan fingerprint density at radius 3 is 2.46 bits per heavy atom. The molecule has 1 aromatic heterocycles. The maximum Gasteiger partial charge on any atom is 0.261 e. The van der Waals surface area contributed by atoms with E-state index in [1.165, 1.54) is 17.4 Å². The van der Waals surface area contributed by atoms with Gasteiger partial charge in [0.15, 0.2) is 0 Å². The van der Waals surface area contributed by atoms with E-state index in [9.17, 15) is 14.7 Å². The van der Waals surface area contributed by atoms with Crippen LogP contribution in [-0.2, 0) is 4.79 Å². The van der Waals surface area contributed by atoms with Gasteiger partial charge in [-0.1, -0.05) is 11.6 Å². The molecule has 0 saturated carbocycles. The quantitative estimate of drug-likeness (QED) is 0.487. The molecule has 0 aliphatic carbocycles. The third-order valence-corrected chi connectivity index (χ3v) is 8.33. The van der Waals surface area contributed by atoms with E-state index < -0.39 is 18.1 Å². The number of carbonyl (C=O) groups excluding carboxylic acids is 2. The average molecular weight is 552 g/mol. The second kappa shape index (κ2) is 11.7. The smallest absolute Gasteiger partial charge is 0.261 e. The summed E-state index contributed by atoms with van der Waals surface area (Å²) in [5, 5.41) is 16.3. The van der Waals surface area contributed by atoms with E-state index in [4.69, 9.17) is 11.6 Å². The first-order valence-corrected chi connectivity index (χ1v) is 13.8. The zero-order chi connectivity index (χ0) is 26.9. The lowest BCUT2D eigenvalue weighted by Gasteiger charge is -2.41. The third-order valence-electron chi connectivity index (χ3n) is 7.10. The number of aliphatic hydroxyl groups is 1. The van der Waals surface area contributed by atoms with Gasteiger partial charge >= 0.3 is 0 Å². The van der Waals surface area contributed by atoms with Gasteiger partial charge < -0.3 is 20.6 Å². The Hall–Kier alpha value is -2.24. The van der Waals surface area contributed by atoms with Crippen molar-refractivity contribution in [3.63, 3.8) is 0 Å². The summed E-state index contributed by atoms with van der Waals surface area (Å²) in [6.45, 7) is 10.5. The van der Waals surface area contributed by atoms with E-state index in [0.29, 0.717) is 47.0 Å². The summed E-state index contributed by atoms with van der Waals surface area (Å²) in [4.78, 5) is 32.3. The number of carbonyl (C=O) groups is 2. The van der Waals surface area contributed by atoms with Gasteiger partial charge in [0.25, 0.3) is 5.91 Å². The highest BCUT2D eigenvalue weighted by molar-refractivity contribution is 7.18. The van der Waals surface area contributed by atoms with Crippen molar-refractivity contribution in [2.45, 2.75) is 64.5 Å². The molecule has 2 fully saturated rings. The molecule has 2 saturated heterocycles. The predicted octanol–water partition coefficient (Wildman–Crippen LogP) is 3.61. The number of piperazine rings is 1. The molecule has 3 heterocycles. The van der Waals surface area contributed by atoms with Crippen LogP contribution in [0.5, 0.6) is 0 Å². The Morgan fingerprint density at radius 1 is 1.11 bits per heavy atom. The maximum atomic E-state index is 15.1. The molecule has 8 nitrogen and oxygen atoms in total. The first kappa shape index (κ1) is 27.8. The number of anilines is 2. The van der Waals surface area contributed by atoms with Crippen molar-refractivity contribution in [2.75, 3.05) is 36.4 Å². The zero-order valence-corrected chi connectivity index (χ0v) is 23.2. The second-order valence-corrected chi connectivity index (χ2v) is 11.9. The third kappa shape index (κ3) is 6.43. The van der Waals surface area contributed by atoms with Crippen molar-refractivity contribution in [3.8, 4) is 0 Å². The summed E-state index contributed by atoms with van der Waals surface area (Å²) in [7, 11) is 0. The molecule has 2 aliphatic rings. The molecule has 3 atom stereocenters. The topological polar surface area (TPSA) is 88.2 Å². The van der Waals surface area contributed by atoms with E-state index in [-0.39, 0.29) is 29.6 Å². The number of hydrogen-bond donors (Lipinski definition) is 3. The lowest BCUT2D eigenvalue weighted by molar-refractivity contribution is -0.120. The minimum atomic E-state index is -0.730. The minimum absolute atomic E-state index is 0.0621. The molecule has 37 heavy (non-hydrogen) atoms. The molecule has 0 spiro atoms. The highest BCUT2D eigenvalue weighted by Crippen LogP contribution is 2.28. The van der Waals surface area contributed by atoms with Crippen LogP contribution >= 0.6 is 22.9 Å². The van der Waals surface area contributed by atoms with Gasteiger partial charge in [-0.15, -0.1) is 11.3 Å².